The zero-order valence-electron chi connectivity index (χ0n) is 11.0. The quantitative estimate of drug-likeness (QED) is 0.431. The fraction of sp³-hybridized carbons (Fsp3) is 0.231. The number of hydrogen-bond acceptors (Lipinski definition) is 5. The molecule has 8 heteroatoms. The molecule has 4 nitrogen and oxygen atoms in total. The Morgan fingerprint density at radius 2 is 2.10 bits per heavy atom. The minimum atomic E-state index is -0.297. The van der Waals surface area contributed by atoms with E-state index < -0.39 is 0 Å². The van der Waals surface area contributed by atoms with Crippen LogP contribution >= 0.6 is 68.1 Å². The van der Waals surface area contributed by atoms with Crippen molar-refractivity contribution in [3.05, 3.63) is 40.4 Å². The van der Waals surface area contributed by atoms with Crippen LogP contribution in [0.5, 0.6) is 0 Å². The van der Waals surface area contributed by atoms with Gasteiger partial charge in [0.05, 0.1) is 24.4 Å². The van der Waals surface area contributed by atoms with Crippen LogP contribution in [0.25, 0.3) is 0 Å². The predicted octanol–water partition coefficient (Wildman–Crippen LogP) is 4.79. The number of benzene rings is 1. The van der Waals surface area contributed by atoms with Crippen molar-refractivity contribution in [3.63, 3.8) is 0 Å². The van der Waals surface area contributed by atoms with E-state index in [4.69, 9.17) is 16.3 Å². The Hall–Kier alpha value is -0.130. The molecule has 0 spiro atoms. The zero-order valence-corrected chi connectivity index (χ0v) is 16.8. The highest BCUT2D eigenvalue weighted by molar-refractivity contribution is 14.1. The molecule has 0 aliphatic carbocycles. The molecule has 1 aromatic carbocycles. The second kappa shape index (κ2) is 7.93. The number of hydrogen-bond donors (Lipinski definition) is 1. The van der Waals surface area contributed by atoms with Gasteiger partial charge < -0.3 is 10.1 Å². The zero-order chi connectivity index (χ0) is 15.4. The van der Waals surface area contributed by atoms with Crippen LogP contribution in [0.15, 0.2) is 18.3 Å². The number of carbonyl (C=O) groups excluding carboxylic acids is 1. The van der Waals surface area contributed by atoms with Gasteiger partial charge >= 0.3 is 5.97 Å². The molecular weight excluding hydrogens is 537 g/mol. The number of nitrogens with one attached hydrogen (secondary N) is 1. The maximum absolute atomic E-state index is 11.8. The van der Waals surface area contributed by atoms with Crippen LogP contribution in [-0.2, 0) is 11.3 Å². The predicted molar refractivity (Wildman–Crippen MR) is 102 cm³/mol. The summed E-state index contributed by atoms with van der Waals surface area (Å²) in [7, 11) is 0. The van der Waals surface area contributed by atoms with E-state index in [-0.39, 0.29) is 5.97 Å². The molecule has 0 amide bonds. The van der Waals surface area contributed by atoms with Gasteiger partial charge in [-0.15, -0.1) is 11.3 Å². The molecule has 0 aliphatic rings. The molecule has 1 aromatic heterocycles. The molecule has 0 unspecified atom stereocenters. The van der Waals surface area contributed by atoms with Crippen molar-refractivity contribution >= 4 is 79.8 Å². The second-order valence-corrected chi connectivity index (χ2v) is 7.99. The van der Waals surface area contributed by atoms with Crippen molar-refractivity contribution in [2.45, 2.75) is 13.5 Å². The van der Waals surface area contributed by atoms with Crippen LogP contribution in [0.2, 0.25) is 4.47 Å². The molecule has 0 bridgehead atoms. The van der Waals surface area contributed by atoms with Crippen LogP contribution in [0, 0.1) is 7.14 Å². The Morgan fingerprint density at radius 1 is 1.43 bits per heavy atom. The van der Waals surface area contributed by atoms with Gasteiger partial charge in [-0.05, 0) is 64.2 Å². The van der Waals surface area contributed by atoms with Crippen LogP contribution in [0.1, 0.15) is 22.2 Å². The summed E-state index contributed by atoms with van der Waals surface area (Å²) in [4.78, 5) is 16.8. The van der Waals surface area contributed by atoms with Gasteiger partial charge in [-0.25, -0.2) is 9.78 Å². The minimum absolute atomic E-state index is 0.297. The summed E-state index contributed by atoms with van der Waals surface area (Å²) in [5.41, 5.74) is 1.56. The number of rotatable bonds is 5. The number of nitrogens with zero attached hydrogens (tertiary/aromatic N) is 1. The van der Waals surface area contributed by atoms with Gasteiger partial charge in [0, 0.05) is 18.2 Å². The first kappa shape index (κ1) is 17.2. The van der Waals surface area contributed by atoms with Gasteiger partial charge in [-0.2, -0.15) is 0 Å². The average Bonchev–Trinajstić information content (AvgIpc) is 2.83. The largest absolute Gasteiger partial charge is 0.462 e. The summed E-state index contributed by atoms with van der Waals surface area (Å²) < 4.78 is 7.50. The van der Waals surface area contributed by atoms with E-state index in [1.54, 1.807) is 13.1 Å². The molecule has 112 valence electrons. The molecule has 0 saturated carbocycles. The van der Waals surface area contributed by atoms with Crippen LogP contribution in [0.4, 0.5) is 5.69 Å². The average molecular weight is 549 g/mol. The topological polar surface area (TPSA) is 51.2 Å². The summed E-state index contributed by atoms with van der Waals surface area (Å²) in [5.74, 6) is -0.297. The van der Waals surface area contributed by atoms with E-state index in [9.17, 15) is 4.79 Å². The van der Waals surface area contributed by atoms with E-state index >= 15 is 0 Å². The Morgan fingerprint density at radius 3 is 2.62 bits per heavy atom. The summed E-state index contributed by atoms with van der Waals surface area (Å²) in [6.45, 7) is 2.82. The smallest absolute Gasteiger partial charge is 0.338 e. The molecule has 0 aliphatic heterocycles. The lowest BCUT2D eigenvalue weighted by molar-refractivity contribution is 0.0526. The molecule has 0 radical (unpaired) electrons. The molecule has 0 saturated heterocycles. The minimum Gasteiger partial charge on any atom is -0.462 e. The third-order valence-corrected chi connectivity index (χ3v) is 5.33. The molecule has 21 heavy (non-hydrogen) atoms. The van der Waals surface area contributed by atoms with Crippen LogP contribution < -0.4 is 5.32 Å². The van der Waals surface area contributed by atoms with Crippen molar-refractivity contribution in [1.29, 1.82) is 0 Å². The van der Waals surface area contributed by atoms with Crippen molar-refractivity contribution in [2.24, 2.45) is 0 Å². The molecule has 2 rings (SSSR count). The fourth-order valence-electron chi connectivity index (χ4n) is 1.62. The highest BCUT2D eigenvalue weighted by atomic mass is 127. The number of anilines is 1. The van der Waals surface area contributed by atoms with E-state index in [1.807, 2.05) is 12.1 Å². The maximum Gasteiger partial charge on any atom is 0.338 e. The SMILES string of the molecule is CCOC(=O)c1cc(I)c(NCc2cnc(Cl)s2)c(I)c1. The van der Waals surface area contributed by atoms with Gasteiger partial charge in [0.1, 0.15) is 0 Å². The van der Waals surface area contributed by atoms with Crippen LogP contribution in [-0.4, -0.2) is 17.6 Å². The van der Waals surface area contributed by atoms with Gasteiger partial charge in [0.15, 0.2) is 4.47 Å². The monoisotopic (exact) mass is 548 g/mol. The number of esters is 1. The summed E-state index contributed by atoms with van der Waals surface area (Å²) >= 11 is 11.7. The lowest BCUT2D eigenvalue weighted by Crippen LogP contribution is -2.08. The fourth-order valence-corrected chi connectivity index (χ4v) is 4.68. The Bertz CT molecular complexity index is 640. The number of halogens is 3. The van der Waals surface area contributed by atoms with Gasteiger partial charge in [-0.3, -0.25) is 0 Å². The Kier molecular flexibility index (Phi) is 6.51. The first-order valence-corrected chi connectivity index (χ1v) is 9.36. The molecule has 0 atom stereocenters. The first-order chi connectivity index (χ1) is 10.0. The highest BCUT2D eigenvalue weighted by Crippen LogP contribution is 2.28. The van der Waals surface area contributed by atoms with Crippen molar-refractivity contribution in [3.8, 4) is 0 Å². The van der Waals surface area contributed by atoms with Crippen molar-refractivity contribution in [2.75, 3.05) is 11.9 Å². The van der Waals surface area contributed by atoms with Gasteiger partial charge in [0.25, 0.3) is 0 Å². The Labute approximate surface area is 158 Å². The molecule has 1 N–H and O–H groups in total. The molecule has 1 heterocycles. The first-order valence-electron chi connectivity index (χ1n) is 6.01. The molecule has 2 aromatic rings. The van der Waals surface area contributed by atoms with Crippen molar-refractivity contribution in [1.82, 2.24) is 4.98 Å². The Balaban J connectivity index is 2.15. The normalized spacial score (nSPS) is 10.5. The number of thiazole rings is 1. The van der Waals surface area contributed by atoms with Gasteiger partial charge in [-0.1, -0.05) is 11.6 Å². The highest BCUT2D eigenvalue weighted by Gasteiger charge is 2.13. The second-order valence-electron chi connectivity index (χ2n) is 3.97. The summed E-state index contributed by atoms with van der Waals surface area (Å²) in [6, 6.07) is 3.64. The number of carbonyl (C=O) groups is 1. The lowest BCUT2D eigenvalue weighted by Gasteiger charge is -2.12. The maximum atomic E-state index is 11.8. The van der Waals surface area contributed by atoms with Crippen LogP contribution in [0.3, 0.4) is 0 Å². The van der Waals surface area contributed by atoms with E-state index in [0.717, 1.165) is 17.7 Å². The number of aromatic nitrogens is 1. The lowest BCUT2D eigenvalue weighted by atomic mass is 10.2. The van der Waals surface area contributed by atoms with E-state index in [2.05, 4.69) is 55.5 Å². The summed E-state index contributed by atoms with van der Waals surface area (Å²) in [5, 5.41) is 3.35. The van der Waals surface area contributed by atoms with Gasteiger partial charge in [0.2, 0.25) is 0 Å². The summed E-state index contributed by atoms with van der Waals surface area (Å²) in [6.07, 6.45) is 1.76. The number of ether oxygens (including phenoxy) is 1. The van der Waals surface area contributed by atoms with Crippen molar-refractivity contribution < 1.29 is 9.53 Å². The van der Waals surface area contributed by atoms with E-state index in [0.29, 0.717) is 23.2 Å². The molecular formula is C13H11ClI2N2O2S. The standard InChI is InChI=1S/C13H11ClI2N2O2S/c1-2-20-12(19)7-3-9(15)11(10(16)4-7)17-5-8-6-18-13(14)21-8/h3-4,6,17H,2,5H2,1H3. The third-order valence-electron chi connectivity index (χ3n) is 2.52. The molecule has 0 fully saturated rings. The third kappa shape index (κ3) is 4.67. The van der Waals surface area contributed by atoms with E-state index in [1.165, 1.54) is 11.3 Å².